The van der Waals surface area contributed by atoms with Crippen LogP contribution in [0.1, 0.15) is 23.6 Å². The maximum atomic E-state index is 13.0. The second-order valence-corrected chi connectivity index (χ2v) is 7.55. The zero-order chi connectivity index (χ0) is 18.0. The molecule has 132 valence electrons. The van der Waals surface area contributed by atoms with Gasteiger partial charge in [-0.25, -0.2) is 8.42 Å². The van der Waals surface area contributed by atoms with E-state index in [0.29, 0.717) is 11.3 Å². The molecule has 0 N–H and O–H groups in total. The van der Waals surface area contributed by atoms with Gasteiger partial charge in [-0.05, 0) is 17.7 Å². The van der Waals surface area contributed by atoms with E-state index in [4.69, 9.17) is 9.47 Å². The molecule has 6 nitrogen and oxygen atoms in total. The molecular formula is C18H19NO5S. The van der Waals surface area contributed by atoms with Crippen molar-refractivity contribution in [1.82, 2.24) is 4.31 Å². The van der Waals surface area contributed by atoms with Gasteiger partial charge in [-0.2, -0.15) is 4.31 Å². The number of ether oxygens (including phenoxy) is 2. The van der Waals surface area contributed by atoms with Crippen LogP contribution in [0.4, 0.5) is 0 Å². The Kier molecular flexibility index (Phi) is 4.78. The predicted octanol–water partition coefficient (Wildman–Crippen LogP) is 2.50. The molecule has 0 saturated heterocycles. The van der Waals surface area contributed by atoms with Crippen molar-refractivity contribution in [2.45, 2.75) is 23.9 Å². The molecule has 0 saturated carbocycles. The molecular weight excluding hydrogens is 342 g/mol. The van der Waals surface area contributed by atoms with Gasteiger partial charge in [0.1, 0.15) is 5.75 Å². The summed E-state index contributed by atoms with van der Waals surface area (Å²) in [7, 11) is -0.869. The number of esters is 1. The number of hydrogen-bond donors (Lipinski definition) is 0. The number of rotatable bonds is 5. The Morgan fingerprint density at radius 1 is 1.08 bits per heavy atom. The first kappa shape index (κ1) is 17.4. The highest BCUT2D eigenvalue weighted by Crippen LogP contribution is 2.42. The molecule has 0 aromatic heterocycles. The van der Waals surface area contributed by atoms with Crippen LogP contribution in [-0.2, 0) is 26.1 Å². The lowest BCUT2D eigenvalue weighted by Gasteiger charge is -2.23. The average molecular weight is 361 g/mol. The molecule has 3 rings (SSSR count). The molecule has 0 unspecified atom stereocenters. The Labute approximate surface area is 147 Å². The van der Waals surface area contributed by atoms with E-state index in [1.807, 2.05) is 18.2 Å². The summed E-state index contributed by atoms with van der Waals surface area (Å²) in [6, 6.07) is 13.4. The van der Waals surface area contributed by atoms with E-state index >= 15 is 0 Å². The molecule has 25 heavy (non-hydrogen) atoms. The Morgan fingerprint density at radius 2 is 1.76 bits per heavy atom. The molecule has 7 heteroatoms. The number of benzene rings is 2. The van der Waals surface area contributed by atoms with Gasteiger partial charge in [0, 0.05) is 12.1 Å². The summed E-state index contributed by atoms with van der Waals surface area (Å²) in [4.78, 5) is 12.1. The van der Waals surface area contributed by atoms with Crippen LogP contribution in [0.2, 0.25) is 0 Å². The molecule has 0 aliphatic carbocycles. The van der Waals surface area contributed by atoms with E-state index in [-0.39, 0.29) is 17.9 Å². The fraction of sp³-hybridized carbons (Fsp3) is 0.278. The molecule has 1 aliphatic rings. The lowest BCUT2D eigenvalue weighted by Crippen LogP contribution is -2.29. The van der Waals surface area contributed by atoms with Crippen LogP contribution < -0.4 is 4.74 Å². The van der Waals surface area contributed by atoms with Gasteiger partial charge < -0.3 is 9.47 Å². The number of fused-ring (bicyclic) bond motifs is 1. The van der Waals surface area contributed by atoms with E-state index in [0.717, 1.165) is 5.56 Å². The quantitative estimate of drug-likeness (QED) is 0.765. The van der Waals surface area contributed by atoms with E-state index < -0.39 is 22.0 Å². The van der Waals surface area contributed by atoms with Crippen molar-refractivity contribution in [2.24, 2.45) is 0 Å². The Hall–Kier alpha value is -2.38. The summed E-state index contributed by atoms with van der Waals surface area (Å²) < 4.78 is 37.4. The third-order valence-corrected chi connectivity index (χ3v) is 6.25. The lowest BCUT2D eigenvalue weighted by atomic mass is 10.0. The van der Waals surface area contributed by atoms with Crippen molar-refractivity contribution in [3.8, 4) is 5.75 Å². The van der Waals surface area contributed by atoms with Crippen LogP contribution in [0, 0.1) is 0 Å². The minimum atomic E-state index is -3.70. The van der Waals surface area contributed by atoms with Crippen LogP contribution in [0.25, 0.3) is 0 Å². The molecule has 0 spiro atoms. The first-order valence-electron chi connectivity index (χ1n) is 7.78. The number of methoxy groups -OCH3 is 2. The monoisotopic (exact) mass is 361 g/mol. The molecule has 2 aromatic carbocycles. The molecule has 0 radical (unpaired) electrons. The highest BCUT2D eigenvalue weighted by atomic mass is 32.2. The van der Waals surface area contributed by atoms with Crippen LogP contribution in [-0.4, -0.2) is 32.9 Å². The second kappa shape index (κ2) is 6.85. The first-order valence-corrected chi connectivity index (χ1v) is 9.22. The molecule has 0 bridgehead atoms. The molecule has 2 aromatic rings. The van der Waals surface area contributed by atoms with Crippen molar-refractivity contribution >= 4 is 16.0 Å². The zero-order valence-corrected chi connectivity index (χ0v) is 14.8. The number of hydrogen-bond acceptors (Lipinski definition) is 5. The SMILES string of the molecule is COC(=O)C[C@H]1c2ccccc2S(=O)(=O)N1Cc1ccccc1OC. The Balaban J connectivity index is 2.05. The van der Waals surface area contributed by atoms with Crippen molar-refractivity contribution in [3.05, 3.63) is 59.7 Å². The maximum Gasteiger partial charge on any atom is 0.307 e. The van der Waals surface area contributed by atoms with Crippen LogP contribution in [0.3, 0.4) is 0 Å². The summed E-state index contributed by atoms with van der Waals surface area (Å²) in [5, 5.41) is 0. The maximum absolute atomic E-state index is 13.0. The van der Waals surface area contributed by atoms with E-state index in [9.17, 15) is 13.2 Å². The molecule has 1 atom stereocenters. The number of sulfonamides is 1. The van der Waals surface area contributed by atoms with Gasteiger partial charge in [-0.15, -0.1) is 0 Å². The topological polar surface area (TPSA) is 72.9 Å². The van der Waals surface area contributed by atoms with E-state index in [1.165, 1.54) is 18.5 Å². The zero-order valence-electron chi connectivity index (χ0n) is 14.0. The van der Waals surface area contributed by atoms with Crippen molar-refractivity contribution in [2.75, 3.05) is 14.2 Å². The number of para-hydroxylation sites is 1. The highest BCUT2D eigenvalue weighted by molar-refractivity contribution is 7.89. The number of carbonyl (C=O) groups excluding carboxylic acids is 1. The summed E-state index contributed by atoms with van der Waals surface area (Å²) in [6.45, 7) is 0.114. The van der Waals surface area contributed by atoms with E-state index in [2.05, 4.69) is 0 Å². The smallest absolute Gasteiger partial charge is 0.307 e. The van der Waals surface area contributed by atoms with Gasteiger partial charge in [0.25, 0.3) is 0 Å². The largest absolute Gasteiger partial charge is 0.496 e. The van der Waals surface area contributed by atoms with E-state index in [1.54, 1.807) is 30.3 Å². The van der Waals surface area contributed by atoms with Gasteiger partial charge in [0.2, 0.25) is 10.0 Å². The molecule has 0 amide bonds. The molecule has 1 aliphatic heterocycles. The van der Waals surface area contributed by atoms with Crippen molar-refractivity contribution < 1.29 is 22.7 Å². The fourth-order valence-corrected chi connectivity index (χ4v) is 4.93. The average Bonchev–Trinajstić information content (AvgIpc) is 2.83. The second-order valence-electron chi connectivity index (χ2n) is 5.70. The van der Waals surface area contributed by atoms with Crippen molar-refractivity contribution in [1.29, 1.82) is 0 Å². The highest BCUT2D eigenvalue weighted by Gasteiger charge is 2.43. The predicted molar refractivity (Wildman–Crippen MR) is 91.5 cm³/mol. The first-order chi connectivity index (χ1) is 12.0. The minimum Gasteiger partial charge on any atom is -0.496 e. The number of carbonyl (C=O) groups is 1. The van der Waals surface area contributed by atoms with Crippen LogP contribution in [0.15, 0.2) is 53.4 Å². The van der Waals surface area contributed by atoms with Gasteiger partial charge >= 0.3 is 5.97 Å². The van der Waals surface area contributed by atoms with Gasteiger partial charge in [0.15, 0.2) is 0 Å². The summed E-state index contributed by atoms with van der Waals surface area (Å²) in [5.74, 6) is 0.146. The fourth-order valence-electron chi connectivity index (χ4n) is 3.09. The van der Waals surface area contributed by atoms with Gasteiger partial charge in [-0.3, -0.25) is 4.79 Å². The van der Waals surface area contributed by atoms with Gasteiger partial charge in [0.05, 0.1) is 31.6 Å². The Bertz CT molecular complexity index is 894. The lowest BCUT2D eigenvalue weighted by molar-refractivity contribution is -0.141. The van der Waals surface area contributed by atoms with Crippen LogP contribution >= 0.6 is 0 Å². The standard InChI is InChI=1S/C18H19NO5S/c1-23-16-9-5-3-7-13(16)12-19-15(11-18(20)24-2)14-8-4-6-10-17(14)25(19,21)22/h3-10,15H,11-12H2,1-2H3/t15-/m0/s1. The summed E-state index contributed by atoms with van der Waals surface area (Å²) in [5.41, 5.74) is 1.35. The molecule has 1 heterocycles. The summed E-state index contributed by atoms with van der Waals surface area (Å²) in [6.07, 6.45) is -0.0398. The Morgan fingerprint density at radius 3 is 2.48 bits per heavy atom. The number of nitrogens with zero attached hydrogens (tertiary/aromatic N) is 1. The normalized spacial score (nSPS) is 18.6. The molecule has 0 fully saturated rings. The third-order valence-electron chi connectivity index (χ3n) is 4.32. The minimum absolute atomic E-state index is 0.0398. The van der Waals surface area contributed by atoms with Gasteiger partial charge in [-0.1, -0.05) is 36.4 Å². The van der Waals surface area contributed by atoms with Crippen molar-refractivity contribution in [3.63, 3.8) is 0 Å². The summed E-state index contributed by atoms with van der Waals surface area (Å²) >= 11 is 0. The third kappa shape index (κ3) is 3.12. The van der Waals surface area contributed by atoms with Crippen LogP contribution in [0.5, 0.6) is 5.75 Å².